The van der Waals surface area contributed by atoms with Crippen molar-refractivity contribution in [1.82, 2.24) is 5.32 Å². The molecule has 1 aliphatic rings. The van der Waals surface area contributed by atoms with Crippen LogP contribution in [0.15, 0.2) is 41.8 Å². The molecule has 1 aliphatic carbocycles. The molecule has 1 aromatic heterocycles. The van der Waals surface area contributed by atoms with E-state index in [1.807, 2.05) is 30.3 Å². The zero-order valence-corrected chi connectivity index (χ0v) is 15.9. The maximum absolute atomic E-state index is 12.6. The molecule has 2 amide bonds. The molecule has 140 valence electrons. The van der Waals surface area contributed by atoms with Gasteiger partial charge in [0.05, 0.1) is 12.6 Å². The van der Waals surface area contributed by atoms with Crippen LogP contribution in [0.3, 0.4) is 0 Å². The van der Waals surface area contributed by atoms with E-state index >= 15 is 0 Å². The number of anilines is 1. The first-order valence-electron chi connectivity index (χ1n) is 9.09. The normalized spacial score (nSPS) is 15.6. The van der Waals surface area contributed by atoms with Gasteiger partial charge >= 0.3 is 6.03 Å². The van der Waals surface area contributed by atoms with Crippen LogP contribution in [0.5, 0.6) is 5.75 Å². The number of methoxy groups -OCH3 is 1. The number of urea groups is 1. The Morgan fingerprint density at radius 2 is 2.08 bits per heavy atom. The van der Waals surface area contributed by atoms with Crippen LogP contribution in [-0.4, -0.2) is 26.4 Å². The van der Waals surface area contributed by atoms with E-state index in [0.717, 1.165) is 0 Å². The Kier molecular flexibility index (Phi) is 6.91. The minimum absolute atomic E-state index is 0.0821. The van der Waals surface area contributed by atoms with E-state index in [0.29, 0.717) is 30.6 Å². The number of hydrogen-bond donors (Lipinski definition) is 2. The maximum Gasteiger partial charge on any atom is 0.319 e. The number of rotatable bonds is 8. The highest BCUT2D eigenvalue weighted by atomic mass is 32.1. The SMILES string of the molecule is COCCOc1cccc(NC(=O)N[C@H](c2cccs2)C2CCCC2)c1. The fraction of sp³-hybridized carbons (Fsp3) is 0.450. The molecule has 0 radical (unpaired) electrons. The molecule has 2 aromatic rings. The summed E-state index contributed by atoms with van der Waals surface area (Å²) in [6, 6.07) is 11.5. The molecule has 0 bridgehead atoms. The van der Waals surface area contributed by atoms with E-state index in [-0.39, 0.29) is 12.1 Å². The highest BCUT2D eigenvalue weighted by Crippen LogP contribution is 2.37. The highest BCUT2D eigenvalue weighted by Gasteiger charge is 2.28. The molecule has 0 spiro atoms. The highest BCUT2D eigenvalue weighted by molar-refractivity contribution is 7.10. The summed E-state index contributed by atoms with van der Waals surface area (Å²) < 4.78 is 10.6. The van der Waals surface area contributed by atoms with Crippen molar-refractivity contribution in [2.45, 2.75) is 31.7 Å². The molecule has 0 aliphatic heterocycles. The Morgan fingerprint density at radius 1 is 1.23 bits per heavy atom. The molecule has 26 heavy (non-hydrogen) atoms. The Bertz CT molecular complexity index is 684. The molecule has 1 aromatic carbocycles. The van der Waals surface area contributed by atoms with E-state index in [1.165, 1.54) is 30.6 Å². The summed E-state index contributed by atoms with van der Waals surface area (Å²) in [4.78, 5) is 13.8. The summed E-state index contributed by atoms with van der Waals surface area (Å²) in [5.41, 5.74) is 0.716. The lowest BCUT2D eigenvalue weighted by molar-refractivity contribution is 0.146. The van der Waals surface area contributed by atoms with Crippen LogP contribution < -0.4 is 15.4 Å². The summed E-state index contributed by atoms with van der Waals surface area (Å²) in [5.74, 6) is 1.23. The largest absolute Gasteiger partial charge is 0.491 e. The Morgan fingerprint density at radius 3 is 2.81 bits per heavy atom. The predicted molar refractivity (Wildman–Crippen MR) is 105 cm³/mol. The Balaban J connectivity index is 1.60. The molecule has 1 fully saturated rings. The quantitative estimate of drug-likeness (QED) is 0.651. The van der Waals surface area contributed by atoms with Gasteiger partial charge in [0, 0.05) is 23.7 Å². The molecule has 1 heterocycles. The average molecular weight is 375 g/mol. The van der Waals surface area contributed by atoms with Crippen molar-refractivity contribution in [2.24, 2.45) is 5.92 Å². The zero-order chi connectivity index (χ0) is 18.2. The van der Waals surface area contributed by atoms with Gasteiger partial charge in [-0.2, -0.15) is 0 Å². The first-order chi connectivity index (χ1) is 12.8. The van der Waals surface area contributed by atoms with Crippen molar-refractivity contribution in [2.75, 3.05) is 25.6 Å². The van der Waals surface area contributed by atoms with Gasteiger partial charge in [-0.05, 0) is 42.3 Å². The third-order valence-electron chi connectivity index (χ3n) is 4.66. The molecule has 2 N–H and O–H groups in total. The summed E-state index contributed by atoms with van der Waals surface area (Å²) >= 11 is 1.71. The van der Waals surface area contributed by atoms with Gasteiger partial charge in [0.25, 0.3) is 0 Å². The van der Waals surface area contributed by atoms with Crippen molar-refractivity contribution >= 4 is 23.1 Å². The van der Waals surface area contributed by atoms with E-state index in [9.17, 15) is 4.79 Å². The number of amides is 2. The molecule has 1 atom stereocenters. The fourth-order valence-corrected chi connectivity index (χ4v) is 4.26. The van der Waals surface area contributed by atoms with Crippen molar-refractivity contribution < 1.29 is 14.3 Å². The van der Waals surface area contributed by atoms with Gasteiger partial charge in [-0.15, -0.1) is 11.3 Å². The van der Waals surface area contributed by atoms with Crippen molar-refractivity contribution in [1.29, 1.82) is 0 Å². The van der Waals surface area contributed by atoms with Gasteiger partial charge in [0.1, 0.15) is 12.4 Å². The summed E-state index contributed by atoms with van der Waals surface area (Å²) in [5, 5.41) is 8.18. The van der Waals surface area contributed by atoms with Crippen LogP contribution in [0.2, 0.25) is 0 Å². The lowest BCUT2D eigenvalue weighted by Crippen LogP contribution is -2.35. The Labute approximate surface area is 158 Å². The number of benzene rings is 1. The second kappa shape index (κ2) is 9.59. The topological polar surface area (TPSA) is 59.6 Å². The second-order valence-electron chi connectivity index (χ2n) is 6.51. The van der Waals surface area contributed by atoms with Gasteiger partial charge in [0.2, 0.25) is 0 Å². The monoisotopic (exact) mass is 374 g/mol. The smallest absolute Gasteiger partial charge is 0.319 e. The summed E-state index contributed by atoms with van der Waals surface area (Å²) in [6.45, 7) is 1.01. The number of thiophene rings is 1. The molecular weight excluding hydrogens is 348 g/mol. The standard InChI is InChI=1S/C20H26N2O3S/c1-24-11-12-25-17-9-4-8-16(14-17)21-20(23)22-19(15-6-2-3-7-15)18-10-5-13-26-18/h4-5,8-10,13-15,19H,2-3,6-7,11-12H2,1H3,(H2,21,22,23)/t19-/m0/s1. The molecule has 3 rings (SSSR count). The predicted octanol–water partition coefficient (Wildman–Crippen LogP) is 4.83. The number of carbonyl (C=O) groups is 1. The van der Waals surface area contributed by atoms with Gasteiger partial charge in [0.15, 0.2) is 0 Å². The van der Waals surface area contributed by atoms with Gasteiger partial charge in [-0.25, -0.2) is 4.79 Å². The third-order valence-corrected chi connectivity index (χ3v) is 5.61. The number of nitrogens with one attached hydrogen (secondary N) is 2. The van der Waals surface area contributed by atoms with E-state index < -0.39 is 0 Å². The zero-order valence-electron chi connectivity index (χ0n) is 15.1. The van der Waals surface area contributed by atoms with Crippen LogP contribution in [0.1, 0.15) is 36.6 Å². The van der Waals surface area contributed by atoms with Crippen molar-refractivity contribution in [3.05, 3.63) is 46.7 Å². The second-order valence-corrected chi connectivity index (χ2v) is 7.48. The average Bonchev–Trinajstić information content (AvgIpc) is 3.34. The van der Waals surface area contributed by atoms with Crippen LogP contribution in [0, 0.1) is 5.92 Å². The fourth-order valence-electron chi connectivity index (χ4n) is 3.40. The van der Waals surface area contributed by atoms with Crippen molar-refractivity contribution in [3.63, 3.8) is 0 Å². The summed E-state index contributed by atoms with van der Waals surface area (Å²) in [7, 11) is 1.64. The maximum atomic E-state index is 12.6. The van der Waals surface area contributed by atoms with E-state index in [4.69, 9.17) is 9.47 Å². The first-order valence-corrected chi connectivity index (χ1v) is 9.97. The first kappa shape index (κ1) is 18.7. The molecule has 0 saturated heterocycles. The molecule has 6 heteroatoms. The number of carbonyl (C=O) groups excluding carboxylic acids is 1. The summed E-state index contributed by atoms with van der Waals surface area (Å²) in [6.07, 6.45) is 4.84. The Hall–Kier alpha value is -2.05. The van der Waals surface area contributed by atoms with Gasteiger partial charge in [-0.1, -0.05) is 25.0 Å². The van der Waals surface area contributed by atoms with Gasteiger partial charge < -0.3 is 20.1 Å². The minimum Gasteiger partial charge on any atom is -0.491 e. The minimum atomic E-state index is -0.177. The van der Waals surface area contributed by atoms with Gasteiger partial charge in [-0.3, -0.25) is 0 Å². The molecule has 5 nitrogen and oxygen atoms in total. The third kappa shape index (κ3) is 5.22. The molecule has 0 unspecified atom stereocenters. The van der Waals surface area contributed by atoms with Crippen molar-refractivity contribution in [3.8, 4) is 5.75 Å². The van der Waals surface area contributed by atoms with Crippen LogP contribution in [0.4, 0.5) is 10.5 Å². The van der Waals surface area contributed by atoms with E-state index in [2.05, 4.69) is 22.1 Å². The lowest BCUT2D eigenvalue weighted by Gasteiger charge is -2.24. The van der Waals surface area contributed by atoms with Crippen LogP contribution >= 0.6 is 11.3 Å². The van der Waals surface area contributed by atoms with Crippen LogP contribution in [0.25, 0.3) is 0 Å². The number of hydrogen-bond acceptors (Lipinski definition) is 4. The molecule has 1 saturated carbocycles. The number of ether oxygens (including phenoxy) is 2. The van der Waals surface area contributed by atoms with E-state index in [1.54, 1.807) is 18.4 Å². The lowest BCUT2D eigenvalue weighted by atomic mass is 9.97. The van der Waals surface area contributed by atoms with Crippen LogP contribution in [-0.2, 0) is 4.74 Å². The molecular formula is C20H26N2O3S.